The average molecular weight is 733 g/mol. The summed E-state index contributed by atoms with van der Waals surface area (Å²) in [7, 11) is 0. The molecule has 3 heterocycles. The fourth-order valence-electron chi connectivity index (χ4n) is 7.90. The Morgan fingerprint density at radius 2 is 0.842 bits per heavy atom. The van der Waals surface area contributed by atoms with Crippen LogP contribution in [0.25, 0.3) is 72.5 Å². The molecule has 10 rings (SSSR count). The Labute approximate surface area is 331 Å². The van der Waals surface area contributed by atoms with Gasteiger partial charge in [-0.1, -0.05) is 103 Å². The van der Waals surface area contributed by atoms with E-state index in [0.29, 0.717) is 11.6 Å². The SMILES string of the molecule is Cc1c(-c2ccc(-c3ncccn3)cc2)cc(-n2c3ccccc3c3cc(N(c4ccccc4)c4ccccc4)ccc32)cc1-c1ccc(-c2ncccn2)cc1. The number of rotatable bonds is 8. The minimum atomic E-state index is 0.709. The van der Waals surface area contributed by atoms with Gasteiger partial charge in [-0.25, -0.2) is 19.9 Å². The maximum Gasteiger partial charge on any atom is 0.159 e. The van der Waals surface area contributed by atoms with E-state index in [9.17, 15) is 0 Å². The Bertz CT molecular complexity index is 2840. The third-order valence-electron chi connectivity index (χ3n) is 10.6. The number of aromatic nitrogens is 5. The number of fused-ring (bicyclic) bond motifs is 3. The number of nitrogens with zero attached hydrogens (tertiary/aromatic N) is 6. The van der Waals surface area contributed by atoms with Crippen LogP contribution in [-0.4, -0.2) is 24.5 Å². The fraction of sp³-hybridized carbons (Fsp3) is 0.0196. The fourth-order valence-corrected chi connectivity index (χ4v) is 7.90. The van der Waals surface area contributed by atoms with E-state index >= 15 is 0 Å². The van der Waals surface area contributed by atoms with Crippen LogP contribution >= 0.6 is 0 Å². The zero-order valence-electron chi connectivity index (χ0n) is 31.2. The molecule has 0 radical (unpaired) electrons. The number of benzene rings is 7. The van der Waals surface area contributed by atoms with Gasteiger partial charge in [0.1, 0.15) is 0 Å². The van der Waals surface area contributed by atoms with Crippen molar-refractivity contribution in [1.29, 1.82) is 0 Å². The Hall–Kier alpha value is -7.70. The van der Waals surface area contributed by atoms with Crippen molar-refractivity contribution >= 4 is 38.9 Å². The van der Waals surface area contributed by atoms with Gasteiger partial charge in [0.15, 0.2) is 11.6 Å². The smallest absolute Gasteiger partial charge is 0.159 e. The minimum Gasteiger partial charge on any atom is -0.310 e. The molecule has 0 saturated carbocycles. The summed E-state index contributed by atoms with van der Waals surface area (Å²) in [6.07, 6.45) is 7.11. The van der Waals surface area contributed by atoms with Crippen LogP contribution in [-0.2, 0) is 0 Å². The molecule has 0 bridgehead atoms. The van der Waals surface area contributed by atoms with Crippen LogP contribution in [0.3, 0.4) is 0 Å². The first-order chi connectivity index (χ1) is 28.2. The Morgan fingerprint density at radius 1 is 0.386 bits per heavy atom. The van der Waals surface area contributed by atoms with E-state index in [-0.39, 0.29) is 0 Å². The zero-order valence-corrected chi connectivity index (χ0v) is 31.2. The summed E-state index contributed by atoms with van der Waals surface area (Å²) in [4.78, 5) is 20.3. The van der Waals surface area contributed by atoms with Crippen molar-refractivity contribution in [3.63, 3.8) is 0 Å². The Kier molecular flexibility index (Phi) is 8.61. The number of hydrogen-bond acceptors (Lipinski definition) is 5. The summed E-state index contributed by atoms with van der Waals surface area (Å²) in [6, 6.07) is 62.2. The van der Waals surface area contributed by atoms with Gasteiger partial charge in [-0.05, 0) is 108 Å². The maximum absolute atomic E-state index is 4.48. The topological polar surface area (TPSA) is 59.7 Å². The van der Waals surface area contributed by atoms with Crippen LogP contribution < -0.4 is 4.90 Å². The second-order valence-corrected chi connectivity index (χ2v) is 14.0. The van der Waals surface area contributed by atoms with Gasteiger partial charge in [-0.2, -0.15) is 0 Å². The lowest BCUT2D eigenvalue weighted by Crippen LogP contribution is -2.09. The summed E-state index contributed by atoms with van der Waals surface area (Å²) >= 11 is 0. The molecule has 0 saturated heterocycles. The van der Waals surface area contributed by atoms with E-state index in [2.05, 4.69) is 200 Å². The van der Waals surface area contributed by atoms with E-state index in [1.807, 2.05) is 12.1 Å². The first kappa shape index (κ1) is 33.8. The molecule has 6 nitrogen and oxygen atoms in total. The standard InChI is InChI=1S/C51H36N6/c1-35-45(36-18-22-38(23-19-36)50-52-28-10-29-53-50)33-43(34-46(35)37-20-24-39(25-21-37)51-54-30-11-31-55-51)57-48-17-9-8-16-44(48)47-32-42(26-27-49(47)57)56(40-12-4-2-5-13-40)41-14-6-3-7-15-41/h2-34H,1H3. The third-order valence-corrected chi connectivity index (χ3v) is 10.6. The summed E-state index contributed by atoms with van der Waals surface area (Å²) in [5.74, 6) is 1.42. The van der Waals surface area contributed by atoms with Crippen LogP contribution in [0, 0.1) is 6.92 Å². The van der Waals surface area contributed by atoms with Gasteiger partial charge >= 0.3 is 0 Å². The normalized spacial score (nSPS) is 11.2. The monoisotopic (exact) mass is 732 g/mol. The van der Waals surface area contributed by atoms with Crippen LogP contribution in [0.1, 0.15) is 5.56 Å². The van der Waals surface area contributed by atoms with Crippen molar-refractivity contribution in [2.45, 2.75) is 6.92 Å². The summed E-state index contributed by atoms with van der Waals surface area (Å²) in [5.41, 5.74) is 14.4. The van der Waals surface area contributed by atoms with Crippen molar-refractivity contribution in [2.75, 3.05) is 4.90 Å². The van der Waals surface area contributed by atoms with Crippen molar-refractivity contribution in [2.24, 2.45) is 0 Å². The van der Waals surface area contributed by atoms with Gasteiger partial charge in [0, 0.05) is 69.4 Å². The van der Waals surface area contributed by atoms with Crippen LogP contribution in [0.15, 0.2) is 201 Å². The highest BCUT2D eigenvalue weighted by molar-refractivity contribution is 6.11. The highest BCUT2D eigenvalue weighted by Gasteiger charge is 2.20. The predicted molar refractivity (Wildman–Crippen MR) is 233 cm³/mol. The average Bonchev–Trinajstić information content (AvgIpc) is 3.62. The van der Waals surface area contributed by atoms with Crippen molar-refractivity contribution in [3.05, 3.63) is 206 Å². The lowest BCUT2D eigenvalue weighted by molar-refractivity contribution is 1.17. The van der Waals surface area contributed by atoms with E-state index < -0.39 is 0 Å². The predicted octanol–water partition coefficient (Wildman–Crippen LogP) is 12.8. The number of para-hydroxylation sites is 3. The molecule has 0 spiro atoms. The molecule has 0 aliphatic heterocycles. The van der Waals surface area contributed by atoms with Gasteiger partial charge in [0.2, 0.25) is 0 Å². The van der Waals surface area contributed by atoms with Crippen LogP contribution in [0.5, 0.6) is 0 Å². The Morgan fingerprint density at radius 3 is 1.37 bits per heavy atom. The molecule has 10 aromatic rings. The van der Waals surface area contributed by atoms with Crippen molar-refractivity contribution in [1.82, 2.24) is 24.5 Å². The van der Waals surface area contributed by atoms with Gasteiger partial charge in [0.05, 0.1) is 11.0 Å². The first-order valence-corrected chi connectivity index (χ1v) is 19.0. The molecule has 270 valence electrons. The van der Waals surface area contributed by atoms with E-state index in [4.69, 9.17) is 0 Å². The molecule has 0 amide bonds. The summed E-state index contributed by atoms with van der Waals surface area (Å²) < 4.78 is 2.41. The highest BCUT2D eigenvalue weighted by atomic mass is 15.1. The molecule has 57 heavy (non-hydrogen) atoms. The molecule has 3 aromatic heterocycles. The molecule has 0 fully saturated rings. The third kappa shape index (κ3) is 6.29. The zero-order chi connectivity index (χ0) is 38.1. The van der Waals surface area contributed by atoms with Gasteiger partial charge in [0.25, 0.3) is 0 Å². The van der Waals surface area contributed by atoms with E-state index in [1.54, 1.807) is 24.8 Å². The summed E-state index contributed by atoms with van der Waals surface area (Å²) in [6.45, 7) is 2.22. The molecule has 0 N–H and O–H groups in total. The maximum atomic E-state index is 4.48. The molecule has 0 atom stereocenters. The van der Waals surface area contributed by atoms with Crippen molar-refractivity contribution in [3.8, 4) is 50.7 Å². The number of anilines is 3. The lowest BCUT2D eigenvalue weighted by atomic mass is 9.91. The molecular weight excluding hydrogens is 697 g/mol. The molecule has 7 aromatic carbocycles. The first-order valence-electron chi connectivity index (χ1n) is 19.0. The van der Waals surface area contributed by atoms with Gasteiger partial charge < -0.3 is 9.47 Å². The van der Waals surface area contributed by atoms with Crippen LogP contribution in [0.2, 0.25) is 0 Å². The highest BCUT2D eigenvalue weighted by Crippen LogP contribution is 2.42. The molecule has 0 unspecified atom stereocenters. The van der Waals surface area contributed by atoms with Gasteiger partial charge in [-0.15, -0.1) is 0 Å². The molecule has 0 aliphatic rings. The van der Waals surface area contributed by atoms with E-state index in [1.165, 1.54) is 16.3 Å². The Balaban J connectivity index is 1.17. The quantitative estimate of drug-likeness (QED) is 0.156. The van der Waals surface area contributed by atoms with Gasteiger partial charge in [-0.3, -0.25) is 0 Å². The van der Waals surface area contributed by atoms with Crippen molar-refractivity contribution < 1.29 is 0 Å². The minimum absolute atomic E-state index is 0.709. The van der Waals surface area contributed by atoms with E-state index in [0.717, 1.165) is 67.2 Å². The second-order valence-electron chi connectivity index (χ2n) is 14.0. The molecular formula is C51H36N6. The molecule has 0 aliphatic carbocycles. The number of hydrogen-bond donors (Lipinski definition) is 0. The summed E-state index contributed by atoms with van der Waals surface area (Å²) in [5, 5.41) is 2.38. The second kappa shape index (κ2) is 14.5. The molecule has 6 heteroatoms. The largest absolute Gasteiger partial charge is 0.310 e. The van der Waals surface area contributed by atoms with Crippen LogP contribution in [0.4, 0.5) is 17.1 Å². The lowest BCUT2D eigenvalue weighted by Gasteiger charge is -2.25.